The molecule has 3 heteroatoms. The van der Waals surface area contributed by atoms with Crippen LogP contribution < -0.4 is 4.74 Å². The Balaban J connectivity index is 2.80. The minimum atomic E-state index is -0.413. The third-order valence-electron chi connectivity index (χ3n) is 3.77. The van der Waals surface area contributed by atoms with Crippen molar-refractivity contribution in [1.82, 2.24) is 0 Å². The van der Waals surface area contributed by atoms with Crippen LogP contribution >= 0.6 is 0 Å². The van der Waals surface area contributed by atoms with E-state index in [-0.39, 0.29) is 11.5 Å². The number of benzene rings is 1. The van der Waals surface area contributed by atoms with Crippen molar-refractivity contribution in [1.29, 1.82) is 0 Å². The van der Waals surface area contributed by atoms with Crippen LogP contribution in [0.2, 0.25) is 0 Å². The highest BCUT2D eigenvalue weighted by Crippen LogP contribution is 2.29. The summed E-state index contributed by atoms with van der Waals surface area (Å²) in [5.41, 5.74) is 0.842. The van der Waals surface area contributed by atoms with E-state index in [0.717, 1.165) is 25.2 Å². The van der Waals surface area contributed by atoms with Gasteiger partial charge in [0.1, 0.15) is 5.75 Å². The number of hydrogen-bond donors (Lipinski definition) is 1. The molecule has 1 N–H and O–H groups in total. The summed E-state index contributed by atoms with van der Waals surface area (Å²) in [4.78, 5) is 0. The van der Waals surface area contributed by atoms with Gasteiger partial charge in [0.25, 0.3) is 0 Å². The van der Waals surface area contributed by atoms with Gasteiger partial charge in [-0.3, -0.25) is 0 Å². The lowest BCUT2D eigenvalue weighted by Gasteiger charge is -2.36. The summed E-state index contributed by atoms with van der Waals surface area (Å²) in [7, 11) is 1.66. The summed E-state index contributed by atoms with van der Waals surface area (Å²) in [5.74, 6) is 0.909. The van der Waals surface area contributed by atoms with Crippen LogP contribution in [0.5, 0.6) is 5.75 Å². The van der Waals surface area contributed by atoms with E-state index < -0.39 is 6.10 Å². The van der Waals surface area contributed by atoms with Crippen LogP contribution in [-0.2, 0) is 11.2 Å². The van der Waals surface area contributed by atoms with Gasteiger partial charge in [0.15, 0.2) is 0 Å². The molecule has 0 amide bonds. The molecule has 0 fully saturated rings. The van der Waals surface area contributed by atoms with Crippen LogP contribution in [0, 0.1) is 5.92 Å². The lowest BCUT2D eigenvalue weighted by atomic mass is 9.81. The molecule has 0 unspecified atom stereocenters. The zero-order valence-corrected chi connectivity index (χ0v) is 13.3. The molecule has 0 spiro atoms. The quantitative estimate of drug-likeness (QED) is 0.793. The number of rotatable bonds is 8. The van der Waals surface area contributed by atoms with Crippen LogP contribution in [-0.4, -0.2) is 30.5 Å². The maximum atomic E-state index is 10.1. The standard InChI is InChI=1S/C17H28O3/c1-6-11-20-17(3,4)16(13(2)18)12-14-7-9-15(19-5)10-8-14/h7-10,13,16,18H,6,11-12H2,1-5H3/t13-,16-/m0/s1. The Morgan fingerprint density at radius 2 is 1.80 bits per heavy atom. The smallest absolute Gasteiger partial charge is 0.118 e. The van der Waals surface area contributed by atoms with Gasteiger partial charge in [0, 0.05) is 12.5 Å². The monoisotopic (exact) mass is 280 g/mol. The molecule has 0 radical (unpaired) electrons. The summed E-state index contributed by atoms with van der Waals surface area (Å²) in [5, 5.41) is 10.1. The predicted molar refractivity (Wildman–Crippen MR) is 82.2 cm³/mol. The van der Waals surface area contributed by atoms with E-state index in [4.69, 9.17) is 9.47 Å². The molecule has 0 aliphatic rings. The topological polar surface area (TPSA) is 38.7 Å². The van der Waals surface area contributed by atoms with Crippen LogP contribution in [0.25, 0.3) is 0 Å². The average molecular weight is 280 g/mol. The van der Waals surface area contributed by atoms with Gasteiger partial charge in [0.2, 0.25) is 0 Å². The third-order valence-corrected chi connectivity index (χ3v) is 3.77. The van der Waals surface area contributed by atoms with Crippen LogP contribution in [0.4, 0.5) is 0 Å². The first-order valence-corrected chi connectivity index (χ1v) is 7.35. The Kier molecular flexibility index (Phi) is 6.50. The van der Waals surface area contributed by atoms with E-state index in [1.165, 1.54) is 5.56 Å². The molecule has 1 aromatic carbocycles. The first-order valence-electron chi connectivity index (χ1n) is 7.35. The fourth-order valence-corrected chi connectivity index (χ4v) is 2.48. The lowest BCUT2D eigenvalue weighted by Crippen LogP contribution is -2.42. The van der Waals surface area contributed by atoms with E-state index in [2.05, 4.69) is 20.8 Å². The van der Waals surface area contributed by atoms with Crippen molar-refractivity contribution < 1.29 is 14.6 Å². The molecule has 0 saturated heterocycles. The van der Waals surface area contributed by atoms with Crippen molar-refractivity contribution in [3.05, 3.63) is 29.8 Å². The van der Waals surface area contributed by atoms with E-state index in [9.17, 15) is 5.11 Å². The van der Waals surface area contributed by atoms with Crippen molar-refractivity contribution in [3.63, 3.8) is 0 Å². The van der Waals surface area contributed by atoms with E-state index in [1.54, 1.807) is 7.11 Å². The molecular weight excluding hydrogens is 252 g/mol. The van der Waals surface area contributed by atoms with Gasteiger partial charge in [0.05, 0.1) is 18.8 Å². The number of methoxy groups -OCH3 is 1. The highest BCUT2D eigenvalue weighted by atomic mass is 16.5. The Morgan fingerprint density at radius 3 is 2.25 bits per heavy atom. The molecule has 0 aliphatic carbocycles. The molecule has 20 heavy (non-hydrogen) atoms. The zero-order chi connectivity index (χ0) is 15.2. The number of ether oxygens (including phenoxy) is 2. The fraction of sp³-hybridized carbons (Fsp3) is 0.647. The Labute approximate surface area is 122 Å². The van der Waals surface area contributed by atoms with E-state index in [0.29, 0.717) is 0 Å². The molecule has 3 nitrogen and oxygen atoms in total. The van der Waals surface area contributed by atoms with Gasteiger partial charge in [-0.05, 0) is 51.3 Å². The molecule has 0 saturated carbocycles. The first kappa shape index (κ1) is 17.0. The summed E-state index contributed by atoms with van der Waals surface area (Å²) in [6.07, 6.45) is 1.36. The molecule has 0 aromatic heterocycles. The highest BCUT2D eigenvalue weighted by Gasteiger charge is 2.33. The number of hydrogen-bond acceptors (Lipinski definition) is 3. The predicted octanol–water partition coefficient (Wildman–Crippen LogP) is 3.44. The lowest BCUT2D eigenvalue weighted by molar-refractivity contribution is -0.0929. The second kappa shape index (κ2) is 7.65. The van der Waals surface area contributed by atoms with Gasteiger partial charge in [-0.1, -0.05) is 19.1 Å². The summed E-state index contributed by atoms with van der Waals surface area (Å²) >= 11 is 0. The molecular formula is C17H28O3. The summed E-state index contributed by atoms with van der Waals surface area (Å²) in [6, 6.07) is 8.00. The largest absolute Gasteiger partial charge is 0.497 e. The third kappa shape index (κ3) is 4.80. The molecule has 0 bridgehead atoms. The van der Waals surface area contributed by atoms with Crippen LogP contribution in [0.15, 0.2) is 24.3 Å². The summed E-state index contributed by atoms with van der Waals surface area (Å²) < 4.78 is 11.1. The second-order valence-electron chi connectivity index (χ2n) is 5.85. The zero-order valence-electron chi connectivity index (χ0n) is 13.3. The Hall–Kier alpha value is -1.06. The van der Waals surface area contributed by atoms with Gasteiger partial charge in [-0.2, -0.15) is 0 Å². The first-order chi connectivity index (χ1) is 9.40. The van der Waals surface area contributed by atoms with Gasteiger partial charge in [-0.15, -0.1) is 0 Å². The van der Waals surface area contributed by atoms with Crippen molar-refractivity contribution >= 4 is 0 Å². The van der Waals surface area contributed by atoms with Gasteiger partial charge < -0.3 is 14.6 Å². The van der Waals surface area contributed by atoms with Gasteiger partial charge in [-0.25, -0.2) is 0 Å². The minimum absolute atomic E-state index is 0.0578. The van der Waals surface area contributed by atoms with Gasteiger partial charge >= 0.3 is 0 Å². The average Bonchev–Trinajstić information content (AvgIpc) is 2.42. The van der Waals surface area contributed by atoms with Crippen molar-refractivity contribution in [2.45, 2.75) is 52.2 Å². The Bertz CT molecular complexity index is 382. The molecule has 1 aromatic rings. The highest BCUT2D eigenvalue weighted by molar-refractivity contribution is 5.27. The molecule has 114 valence electrons. The number of aliphatic hydroxyl groups is 1. The molecule has 1 rings (SSSR count). The van der Waals surface area contributed by atoms with Crippen molar-refractivity contribution in [2.75, 3.05) is 13.7 Å². The van der Waals surface area contributed by atoms with E-state index >= 15 is 0 Å². The molecule has 0 heterocycles. The molecule has 2 atom stereocenters. The van der Waals surface area contributed by atoms with E-state index in [1.807, 2.05) is 31.2 Å². The fourth-order valence-electron chi connectivity index (χ4n) is 2.48. The summed E-state index contributed by atoms with van der Waals surface area (Å²) in [6.45, 7) is 8.77. The normalized spacial score (nSPS) is 14.9. The van der Waals surface area contributed by atoms with Crippen molar-refractivity contribution in [2.24, 2.45) is 5.92 Å². The molecule has 0 aliphatic heterocycles. The SMILES string of the molecule is CCCOC(C)(C)[C@@H](Cc1ccc(OC)cc1)[C@H](C)O. The maximum absolute atomic E-state index is 10.1. The van der Waals surface area contributed by atoms with Crippen molar-refractivity contribution in [3.8, 4) is 5.75 Å². The maximum Gasteiger partial charge on any atom is 0.118 e. The second-order valence-corrected chi connectivity index (χ2v) is 5.85. The van der Waals surface area contributed by atoms with Crippen LogP contribution in [0.3, 0.4) is 0 Å². The minimum Gasteiger partial charge on any atom is -0.497 e. The number of aliphatic hydroxyl groups excluding tert-OH is 1. The Morgan fingerprint density at radius 1 is 1.20 bits per heavy atom. The van der Waals surface area contributed by atoms with Crippen LogP contribution in [0.1, 0.15) is 39.7 Å².